The van der Waals surface area contributed by atoms with Crippen LogP contribution in [0, 0.1) is 0 Å². The predicted octanol–water partition coefficient (Wildman–Crippen LogP) is 3.99. The molecule has 0 spiro atoms. The lowest BCUT2D eigenvalue weighted by Gasteiger charge is -2.35. The van der Waals surface area contributed by atoms with E-state index in [9.17, 15) is 5.11 Å². The first-order valence-electron chi connectivity index (χ1n) is 8.14. The van der Waals surface area contributed by atoms with Crippen LogP contribution < -0.4 is 4.74 Å². The molecule has 0 saturated heterocycles. The van der Waals surface area contributed by atoms with Crippen molar-refractivity contribution in [1.82, 2.24) is 4.90 Å². The standard InChI is InChI=1S/C19H25NO2/c1-20-10-9-15-12-18(21)19(22-2)13-16(15)17(20)11-14-7-5-3-4-6-8-14/h5,7-8,12-13,17,21H,3-4,6,9-11H2,1-2H3. The summed E-state index contributed by atoms with van der Waals surface area (Å²) in [4.78, 5) is 2.42. The Morgan fingerprint density at radius 3 is 3.00 bits per heavy atom. The van der Waals surface area contributed by atoms with Gasteiger partial charge in [-0.3, -0.25) is 4.90 Å². The molecule has 1 aromatic carbocycles. The highest BCUT2D eigenvalue weighted by molar-refractivity contribution is 5.49. The highest BCUT2D eigenvalue weighted by Gasteiger charge is 2.27. The van der Waals surface area contributed by atoms with Gasteiger partial charge in [0.05, 0.1) is 7.11 Å². The maximum absolute atomic E-state index is 10.0. The number of allylic oxidation sites excluding steroid dienone is 3. The molecule has 0 amide bonds. The van der Waals surface area contributed by atoms with Gasteiger partial charge in [0.2, 0.25) is 0 Å². The molecule has 0 radical (unpaired) electrons. The second kappa shape index (κ2) is 6.57. The molecule has 1 aliphatic carbocycles. The van der Waals surface area contributed by atoms with Gasteiger partial charge in [0.15, 0.2) is 11.5 Å². The number of phenolic OH excluding ortho intramolecular Hbond substituents is 1. The van der Waals surface area contributed by atoms with E-state index < -0.39 is 0 Å². The summed E-state index contributed by atoms with van der Waals surface area (Å²) in [5, 5.41) is 10.0. The summed E-state index contributed by atoms with van der Waals surface area (Å²) in [6.07, 6.45) is 12.6. The van der Waals surface area contributed by atoms with Crippen molar-refractivity contribution < 1.29 is 9.84 Å². The van der Waals surface area contributed by atoms with Crippen molar-refractivity contribution in [3.8, 4) is 11.5 Å². The quantitative estimate of drug-likeness (QED) is 0.916. The number of hydrogen-bond acceptors (Lipinski definition) is 3. The Bertz CT molecular complexity index is 604. The molecule has 3 rings (SSSR count). The number of phenols is 1. The number of rotatable bonds is 3. The highest BCUT2D eigenvalue weighted by atomic mass is 16.5. The zero-order valence-corrected chi connectivity index (χ0v) is 13.5. The first kappa shape index (κ1) is 15.2. The maximum atomic E-state index is 10.0. The van der Waals surface area contributed by atoms with E-state index >= 15 is 0 Å². The fourth-order valence-electron chi connectivity index (χ4n) is 3.47. The van der Waals surface area contributed by atoms with Crippen LogP contribution in [0.2, 0.25) is 0 Å². The van der Waals surface area contributed by atoms with Crippen molar-refractivity contribution in [2.75, 3.05) is 20.7 Å². The number of ether oxygens (including phenoxy) is 1. The third kappa shape index (κ3) is 3.05. The monoisotopic (exact) mass is 299 g/mol. The third-order valence-electron chi connectivity index (χ3n) is 4.81. The van der Waals surface area contributed by atoms with E-state index in [2.05, 4.69) is 30.2 Å². The lowest BCUT2D eigenvalue weighted by Crippen LogP contribution is -2.32. The number of benzene rings is 1. The van der Waals surface area contributed by atoms with Crippen LogP contribution in [0.1, 0.15) is 42.9 Å². The van der Waals surface area contributed by atoms with Gasteiger partial charge in [-0.05, 0) is 62.4 Å². The van der Waals surface area contributed by atoms with Gasteiger partial charge in [-0.2, -0.15) is 0 Å². The summed E-state index contributed by atoms with van der Waals surface area (Å²) in [5.74, 6) is 0.822. The zero-order valence-electron chi connectivity index (χ0n) is 13.5. The molecular weight excluding hydrogens is 274 g/mol. The van der Waals surface area contributed by atoms with E-state index in [0.29, 0.717) is 11.8 Å². The zero-order chi connectivity index (χ0) is 15.5. The number of nitrogens with zero attached hydrogens (tertiary/aromatic N) is 1. The number of hydrogen-bond donors (Lipinski definition) is 1. The first-order chi connectivity index (χ1) is 10.7. The topological polar surface area (TPSA) is 32.7 Å². The van der Waals surface area contributed by atoms with Gasteiger partial charge in [0.25, 0.3) is 0 Å². The lowest BCUT2D eigenvalue weighted by molar-refractivity contribution is 0.228. The molecule has 0 fully saturated rings. The number of fused-ring (bicyclic) bond motifs is 1. The largest absolute Gasteiger partial charge is 0.504 e. The van der Waals surface area contributed by atoms with Crippen LogP contribution in [0.15, 0.2) is 35.9 Å². The predicted molar refractivity (Wildman–Crippen MR) is 89.4 cm³/mol. The molecule has 1 heterocycles. The van der Waals surface area contributed by atoms with E-state index in [0.717, 1.165) is 19.4 Å². The van der Waals surface area contributed by atoms with Crippen LogP contribution in [0.4, 0.5) is 0 Å². The third-order valence-corrected chi connectivity index (χ3v) is 4.81. The van der Waals surface area contributed by atoms with E-state index in [-0.39, 0.29) is 5.75 Å². The van der Waals surface area contributed by atoms with Crippen molar-refractivity contribution in [3.05, 3.63) is 47.1 Å². The summed E-state index contributed by atoms with van der Waals surface area (Å²) in [6, 6.07) is 4.25. The molecule has 2 aliphatic rings. The minimum absolute atomic E-state index is 0.248. The van der Waals surface area contributed by atoms with E-state index in [1.54, 1.807) is 7.11 Å². The van der Waals surface area contributed by atoms with Gasteiger partial charge in [-0.15, -0.1) is 0 Å². The first-order valence-corrected chi connectivity index (χ1v) is 8.14. The summed E-state index contributed by atoms with van der Waals surface area (Å²) in [6.45, 7) is 1.03. The Morgan fingerprint density at radius 1 is 1.32 bits per heavy atom. The number of likely N-dealkylation sites (N-methyl/N-ethyl adjacent to an activating group) is 1. The molecule has 1 aromatic rings. The fraction of sp³-hybridized carbons (Fsp3) is 0.474. The smallest absolute Gasteiger partial charge is 0.160 e. The second-order valence-electron chi connectivity index (χ2n) is 6.29. The van der Waals surface area contributed by atoms with Gasteiger partial charge in [-0.25, -0.2) is 0 Å². The van der Waals surface area contributed by atoms with Gasteiger partial charge < -0.3 is 9.84 Å². The van der Waals surface area contributed by atoms with Crippen LogP contribution in [-0.2, 0) is 6.42 Å². The average molecular weight is 299 g/mol. The molecule has 0 bridgehead atoms. The Balaban J connectivity index is 1.93. The van der Waals surface area contributed by atoms with Gasteiger partial charge >= 0.3 is 0 Å². The summed E-state index contributed by atoms with van der Waals surface area (Å²) < 4.78 is 5.31. The van der Waals surface area contributed by atoms with Crippen molar-refractivity contribution in [3.63, 3.8) is 0 Å². The van der Waals surface area contributed by atoms with E-state index in [4.69, 9.17) is 4.74 Å². The van der Waals surface area contributed by atoms with Crippen LogP contribution in [0.5, 0.6) is 11.5 Å². The molecule has 0 aromatic heterocycles. The Hall–Kier alpha value is -1.74. The summed E-state index contributed by atoms with van der Waals surface area (Å²) in [5.41, 5.74) is 3.97. The average Bonchev–Trinajstić information content (AvgIpc) is 2.78. The molecule has 3 nitrogen and oxygen atoms in total. The Kier molecular flexibility index (Phi) is 4.53. The van der Waals surface area contributed by atoms with Crippen molar-refractivity contribution in [2.45, 2.75) is 38.1 Å². The van der Waals surface area contributed by atoms with Gasteiger partial charge in [0, 0.05) is 12.6 Å². The molecule has 1 aliphatic heterocycles. The number of methoxy groups -OCH3 is 1. The lowest BCUT2D eigenvalue weighted by atomic mass is 9.88. The molecule has 1 unspecified atom stereocenters. The minimum atomic E-state index is 0.248. The maximum Gasteiger partial charge on any atom is 0.160 e. The number of aromatic hydroxyl groups is 1. The van der Waals surface area contributed by atoms with Crippen molar-refractivity contribution in [2.24, 2.45) is 0 Å². The highest BCUT2D eigenvalue weighted by Crippen LogP contribution is 2.39. The van der Waals surface area contributed by atoms with Gasteiger partial charge in [0.1, 0.15) is 0 Å². The van der Waals surface area contributed by atoms with Crippen LogP contribution in [0.25, 0.3) is 0 Å². The molecular formula is C19H25NO2. The molecule has 118 valence electrons. The normalized spacial score (nSPS) is 21.9. The van der Waals surface area contributed by atoms with Crippen LogP contribution in [-0.4, -0.2) is 30.7 Å². The van der Waals surface area contributed by atoms with Crippen molar-refractivity contribution >= 4 is 0 Å². The molecule has 1 N–H and O–H groups in total. The SMILES string of the molecule is COc1cc2c(cc1O)CCN(C)C2CC1=CCCCC=C1. The van der Waals surface area contributed by atoms with E-state index in [1.165, 1.54) is 36.0 Å². The van der Waals surface area contributed by atoms with Gasteiger partial charge in [-0.1, -0.05) is 23.8 Å². The molecule has 1 atom stereocenters. The van der Waals surface area contributed by atoms with Crippen LogP contribution in [0.3, 0.4) is 0 Å². The minimum Gasteiger partial charge on any atom is -0.504 e. The Labute approximate surface area is 132 Å². The molecule has 3 heteroatoms. The fourth-order valence-corrected chi connectivity index (χ4v) is 3.47. The molecule has 0 saturated carbocycles. The molecule has 22 heavy (non-hydrogen) atoms. The van der Waals surface area contributed by atoms with Crippen molar-refractivity contribution in [1.29, 1.82) is 0 Å². The van der Waals surface area contributed by atoms with Crippen LogP contribution >= 0.6 is 0 Å². The Morgan fingerprint density at radius 2 is 2.18 bits per heavy atom. The summed E-state index contributed by atoms with van der Waals surface area (Å²) in [7, 11) is 3.80. The van der Waals surface area contributed by atoms with E-state index in [1.807, 2.05) is 12.1 Å². The second-order valence-corrected chi connectivity index (χ2v) is 6.29. The summed E-state index contributed by atoms with van der Waals surface area (Å²) >= 11 is 0.